The second-order valence-electron chi connectivity index (χ2n) is 14.7. The van der Waals surface area contributed by atoms with Gasteiger partial charge in [0.05, 0.1) is 0 Å². The van der Waals surface area contributed by atoms with Crippen LogP contribution in [0.3, 0.4) is 0 Å². The number of para-hydroxylation sites is 1. The van der Waals surface area contributed by atoms with Gasteiger partial charge in [0.25, 0.3) is 0 Å². The quantitative estimate of drug-likeness (QED) is 0.171. The van der Waals surface area contributed by atoms with Crippen molar-refractivity contribution in [3.63, 3.8) is 0 Å². The Hall–Kier alpha value is -6.64. The predicted molar refractivity (Wildman–Crippen MR) is 230 cm³/mol. The zero-order chi connectivity index (χ0) is 36.6. The third kappa shape index (κ3) is 5.96. The Balaban J connectivity index is 1.13. The maximum absolute atomic E-state index is 4.49. The second kappa shape index (κ2) is 13.7. The third-order valence-corrected chi connectivity index (χ3v) is 11.0. The first-order valence-corrected chi connectivity index (χ1v) is 18.8. The van der Waals surface area contributed by atoms with Crippen LogP contribution in [0.15, 0.2) is 201 Å². The van der Waals surface area contributed by atoms with Crippen molar-refractivity contribution in [2.75, 3.05) is 16.3 Å². The lowest BCUT2D eigenvalue weighted by atomic mass is 9.82. The maximum Gasteiger partial charge on any atom is 0.0493 e. The largest absolute Gasteiger partial charge is 0.337 e. The number of rotatable bonds is 6. The monoisotopic (exact) mass is 694 g/mol. The van der Waals surface area contributed by atoms with Crippen LogP contribution >= 0.6 is 0 Å². The van der Waals surface area contributed by atoms with Crippen molar-refractivity contribution in [2.45, 2.75) is 19.3 Å². The number of fused-ring (bicyclic) bond motifs is 4. The highest BCUT2D eigenvalue weighted by Crippen LogP contribution is 2.51. The highest BCUT2D eigenvalue weighted by Gasteiger charge is 2.35. The molecule has 0 fully saturated rings. The van der Waals surface area contributed by atoms with Crippen molar-refractivity contribution in [1.29, 1.82) is 0 Å². The van der Waals surface area contributed by atoms with Gasteiger partial charge in [-0.25, -0.2) is 0 Å². The van der Waals surface area contributed by atoms with Gasteiger partial charge in [0.1, 0.15) is 0 Å². The molecule has 2 heteroatoms. The lowest BCUT2D eigenvalue weighted by molar-refractivity contribution is 0.660. The number of benzene rings is 7. The smallest absolute Gasteiger partial charge is 0.0493 e. The number of anilines is 5. The Bertz CT molecular complexity index is 2560. The molecule has 2 aliphatic rings. The molecule has 0 saturated carbocycles. The summed E-state index contributed by atoms with van der Waals surface area (Å²) in [6.07, 6.45) is 8.49. The van der Waals surface area contributed by atoms with E-state index >= 15 is 0 Å². The fraction of sp³-hybridized carbons (Fsp3) is 0.0769. The first-order chi connectivity index (χ1) is 26.5. The molecule has 0 saturated heterocycles. The fourth-order valence-corrected chi connectivity index (χ4v) is 8.20. The lowest BCUT2D eigenvalue weighted by Gasteiger charge is -2.29. The summed E-state index contributed by atoms with van der Waals surface area (Å²) < 4.78 is 0. The van der Waals surface area contributed by atoms with Crippen LogP contribution in [0.1, 0.15) is 30.5 Å². The molecule has 0 unspecified atom stereocenters. The molecule has 0 N–H and O–H groups in total. The number of nitrogens with zero attached hydrogens (tertiary/aromatic N) is 2. The molecular weight excluding hydrogens is 653 g/mol. The summed E-state index contributed by atoms with van der Waals surface area (Å²) in [5.74, 6) is 0. The molecule has 54 heavy (non-hydrogen) atoms. The average molecular weight is 695 g/mol. The van der Waals surface area contributed by atoms with Gasteiger partial charge in [-0.1, -0.05) is 154 Å². The molecule has 7 aromatic carbocycles. The van der Waals surface area contributed by atoms with Gasteiger partial charge < -0.3 is 9.80 Å². The summed E-state index contributed by atoms with van der Waals surface area (Å²) in [6.45, 7) is 9.96. The maximum atomic E-state index is 4.49. The average Bonchev–Trinajstić information content (AvgIpc) is 3.49. The van der Waals surface area contributed by atoms with Crippen molar-refractivity contribution in [3.05, 3.63) is 217 Å². The summed E-state index contributed by atoms with van der Waals surface area (Å²) in [4.78, 5) is 4.76. The van der Waals surface area contributed by atoms with E-state index in [4.69, 9.17) is 0 Å². The number of allylic oxidation sites excluding steroid dienone is 4. The minimum Gasteiger partial charge on any atom is -0.337 e. The Morgan fingerprint density at radius 3 is 1.94 bits per heavy atom. The molecule has 9 rings (SSSR count). The predicted octanol–water partition coefficient (Wildman–Crippen LogP) is 14.1. The molecule has 0 aromatic heterocycles. The van der Waals surface area contributed by atoms with E-state index in [1.54, 1.807) is 0 Å². The Morgan fingerprint density at radius 2 is 1.13 bits per heavy atom. The van der Waals surface area contributed by atoms with Crippen molar-refractivity contribution in [1.82, 2.24) is 0 Å². The summed E-state index contributed by atoms with van der Waals surface area (Å²) >= 11 is 0. The van der Waals surface area contributed by atoms with Crippen LogP contribution in [-0.2, 0) is 5.41 Å². The third-order valence-electron chi connectivity index (χ3n) is 11.0. The van der Waals surface area contributed by atoms with Crippen LogP contribution in [0, 0.1) is 0 Å². The van der Waals surface area contributed by atoms with Crippen LogP contribution in [0.4, 0.5) is 28.4 Å². The lowest BCUT2D eigenvalue weighted by Crippen LogP contribution is -2.18. The van der Waals surface area contributed by atoms with Crippen LogP contribution in [-0.4, -0.2) is 6.54 Å². The molecule has 0 bridgehead atoms. The van der Waals surface area contributed by atoms with Crippen molar-refractivity contribution in [3.8, 4) is 33.4 Å². The minimum atomic E-state index is -0.0991. The van der Waals surface area contributed by atoms with Crippen molar-refractivity contribution < 1.29 is 0 Å². The van der Waals surface area contributed by atoms with Crippen LogP contribution in [0.2, 0.25) is 0 Å². The van der Waals surface area contributed by atoms with E-state index < -0.39 is 0 Å². The molecule has 2 nitrogen and oxygen atoms in total. The van der Waals surface area contributed by atoms with Crippen molar-refractivity contribution in [2.24, 2.45) is 0 Å². The minimum absolute atomic E-state index is 0.0991. The first kappa shape index (κ1) is 33.2. The van der Waals surface area contributed by atoms with Gasteiger partial charge in [0, 0.05) is 46.0 Å². The molecule has 0 atom stereocenters. The molecule has 1 aliphatic heterocycles. The molecule has 7 aromatic rings. The Kier molecular flexibility index (Phi) is 8.44. The number of hydrogen-bond donors (Lipinski definition) is 0. The highest BCUT2D eigenvalue weighted by atomic mass is 15.1. The Morgan fingerprint density at radius 1 is 0.500 bits per heavy atom. The van der Waals surface area contributed by atoms with Gasteiger partial charge in [-0.05, 0) is 111 Å². The van der Waals surface area contributed by atoms with Crippen LogP contribution in [0.5, 0.6) is 0 Å². The molecule has 0 amide bonds. The highest BCUT2D eigenvalue weighted by molar-refractivity contribution is 5.89. The van der Waals surface area contributed by atoms with Crippen LogP contribution in [0.25, 0.3) is 39.0 Å². The van der Waals surface area contributed by atoms with E-state index in [9.17, 15) is 0 Å². The molecule has 0 spiro atoms. The molecular formula is C52H42N2. The summed E-state index contributed by atoms with van der Waals surface area (Å²) in [5, 5.41) is 0. The zero-order valence-corrected chi connectivity index (χ0v) is 30.8. The summed E-state index contributed by atoms with van der Waals surface area (Å²) in [7, 11) is 0. The Labute approximate surface area is 319 Å². The van der Waals surface area contributed by atoms with Crippen LogP contribution < -0.4 is 9.80 Å². The van der Waals surface area contributed by atoms with E-state index in [1.165, 1.54) is 33.4 Å². The van der Waals surface area contributed by atoms with Gasteiger partial charge in [-0.2, -0.15) is 0 Å². The van der Waals surface area contributed by atoms with Crippen molar-refractivity contribution >= 4 is 34.0 Å². The molecule has 260 valence electrons. The fourth-order valence-electron chi connectivity index (χ4n) is 8.20. The van der Waals surface area contributed by atoms with E-state index in [1.807, 2.05) is 0 Å². The van der Waals surface area contributed by atoms with E-state index in [2.05, 4.69) is 224 Å². The molecule has 1 heterocycles. The van der Waals surface area contributed by atoms with Gasteiger partial charge in [-0.15, -0.1) is 0 Å². The second-order valence-corrected chi connectivity index (χ2v) is 14.7. The first-order valence-electron chi connectivity index (χ1n) is 18.8. The zero-order valence-electron chi connectivity index (χ0n) is 30.8. The van der Waals surface area contributed by atoms with Gasteiger partial charge in [-0.3, -0.25) is 0 Å². The van der Waals surface area contributed by atoms with Gasteiger partial charge in [0.15, 0.2) is 0 Å². The topological polar surface area (TPSA) is 6.48 Å². The standard InChI is InChI=1S/C52H42N2/c1-37-16-7-6-14-33-53(42-20-10-5-11-21-42)51-32-27-41(35-48(37)51)39-25-28-43(29-26-39)54(44-22-15-19-40(34-44)38-17-8-4-9-18-38)45-30-31-47-46-23-12-13-24-49(46)52(2,3)50(47)36-45/h4-32,34-36H,1,33H2,2-3H3/b14-6-,16-7-. The van der Waals surface area contributed by atoms with E-state index in [-0.39, 0.29) is 5.41 Å². The summed E-state index contributed by atoms with van der Waals surface area (Å²) in [6, 6.07) is 61.8. The normalized spacial score (nSPS) is 15.2. The van der Waals surface area contributed by atoms with Gasteiger partial charge >= 0.3 is 0 Å². The molecule has 0 radical (unpaired) electrons. The SMILES string of the molecule is C=C1/C=C\C=C/CN(c2ccccc2)c2ccc(-c3ccc(N(c4cccc(-c5ccccc5)c4)c4ccc5c(c4)C(C)(C)c4ccccc4-5)cc3)cc21. The van der Waals surface area contributed by atoms with Gasteiger partial charge in [0.2, 0.25) is 0 Å². The molecule has 1 aliphatic carbocycles. The van der Waals surface area contributed by atoms with E-state index in [0.717, 1.165) is 57.2 Å². The van der Waals surface area contributed by atoms with E-state index in [0.29, 0.717) is 0 Å². The summed E-state index contributed by atoms with van der Waals surface area (Å²) in [5.41, 5.74) is 17.8. The number of hydrogen-bond acceptors (Lipinski definition) is 2.